The Morgan fingerprint density at radius 3 is 2.26 bits per heavy atom. The van der Waals surface area contributed by atoms with E-state index in [1.165, 1.54) is 50.6 Å². The fourth-order valence-corrected chi connectivity index (χ4v) is 9.02. The SMILES string of the molecule is CC1(C)c2ccccc2-c2ccc(-n3c(-c4ccccc4)c(-c4ccc(-c5ccc(/C=C(/C#N)C(=O)O)s5)s4)c4ccccc43)cc21. The number of hydrogen-bond donors (Lipinski definition) is 1. The van der Waals surface area contributed by atoms with E-state index in [2.05, 4.69) is 128 Å². The summed E-state index contributed by atoms with van der Waals surface area (Å²) >= 11 is 3.20. The van der Waals surface area contributed by atoms with Crippen molar-refractivity contribution in [3.8, 4) is 54.3 Å². The van der Waals surface area contributed by atoms with E-state index in [4.69, 9.17) is 0 Å². The summed E-state index contributed by atoms with van der Waals surface area (Å²) in [6, 6.07) is 44.9. The second kappa shape index (κ2) is 11.1. The smallest absolute Gasteiger partial charge is 0.346 e. The van der Waals surface area contributed by atoms with Crippen LogP contribution in [0, 0.1) is 11.3 Å². The number of hydrogen-bond acceptors (Lipinski definition) is 4. The highest BCUT2D eigenvalue weighted by molar-refractivity contribution is 7.24. The summed E-state index contributed by atoms with van der Waals surface area (Å²) in [5.41, 5.74) is 10.6. The van der Waals surface area contributed by atoms with Crippen LogP contribution >= 0.6 is 22.7 Å². The first-order chi connectivity index (χ1) is 22.8. The van der Waals surface area contributed by atoms with Crippen molar-refractivity contribution >= 4 is 45.6 Å². The summed E-state index contributed by atoms with van der Waals surface area (Å²) in [7, 11) is 0. The van der Waals surface area contributed by atoms with Gasteiger partial charge in [0.25, 0.3) is 0 Å². The van der Waals surface area contributed by atoms with Gasteiger partial charge < -0.3 is 9.67 Å². The highest BCUT2D eigenvalue weighted by atomic mass is 32.1. The quantitative estimate of drug-likeness (QED) is 0.145. The number of benzene rings is 4. The van der Waals surface area contributed by atoms with E-state index >= 15 is 0 Å². The van der Waals surface area contributed by atoms with Crippen LogP contribution in [0.1, 0.15) is 29.9 Å². The number of para-hydroxylation sites is 1. The lowest BCUT2D eigenvalue weighted by Crippen LogP contribution is -2.15. The van der Waals surface area contributed by atoms with Crippen LogP contribution in [-0.4, -0.2) is 15.6 Å². The fourth-order valence-electron chi connectivity index (χ4n) is 6.91. The molecule has 226 valence electrons. The number of aromatic nitrogens is 1. The molecule has 47 heavy (non-hydrogen) atoms. The van der Waals surface area contributed by atoms with Crippen LogP contribution in [0.25, 0.3) is 65.2 Å². The second-order valence-corrected chi connectivity index (χ2v) is 14.4. The Kier molecular flexibility index (Phi) is 6.84. The zero-order valence-corrected chi connectivity index (χ0v) is 27.3. The Morgan fingerprint density at radius 2 is 1.45 bits per heavy atom. The van der Waals surface area contributed by atoms with Gasteiger partial charge in [0, 0.05) is 41.6 Å². The molecule has 0 unspecified atom stereocenters. The maximum atomic E-state index is 11.4. The maximum absolute atomic E-state index is 11.4. The van der Waals surface area contributed by atoms with Crippen LogP contribution in [0.3, 0.4) is 0 Å². The monoisotopic (exact) mass is 644 g/mol. The molecule has 0 amide bonds. The van der Waals surface area contributed by atoms with Crippen molar-refractivity contribution in [1.82, 2.24) is 4.57 Å². The van der Waals surface area contributed by atoms with Crippen molar-refractivity contribution in [2.24, 2.45) is 0 Å². The van der Waals surface area contributed by atoms with Crippen molar-refractivity contribution in [2.45, 2.75) is 19.3 Å². The van der Waals surface area contributed by atoms with Gasteiger partial charge in [0.05, 0.1) is 11.2 Å². The minimum absolute atomic E-state index is 0.115. The highest BCUT2D eigenvalue weighted by Gasteiger charge is 2.35. The third kappa shape index (κ3) is 4.67. The van der Waals surface area contributed by atoms with Gasteiger partial charge in [0.2, 0.25) is 0 Å². The Hall–Kier alpha value is -5.48. The van der Waals surface area contributed by atoms with Crippen LogP contribution < -0.4 is 0 Å². The third-order valence-corrected chi connectivity index (χ3v) is 11.4. The third-order valence-electron chi connectivity index (χ3n) is 9.11. The molecule has 0 saturated carbocycles. The summed E-state index contributed by atoms with van der Waals surface area (Å²) in [6.45, 7) is 4.64. The van der Waals surface area contributed by atoms with Gasteiger partial charge in [-0.3, -0.25) is 0 Å². The largest absolute Gasteiger partial charge is 0.477 e. The highest BCUT2D eigenvalue weighted by Crippen LogP contribution is 2.51. The van der Waals surface area contributed by atoms with Crippen LogP contribution in [-0.2, 0) is 10.2 Å². The molecule has 4 nitrogen and oxygen atoms in total. The molecule has 0 saturated heterocycles. The van der Waals surface area contributed by atoms with E-state index < -0.39 is 5.97 Å². The molecule has 0 fully saturated rings. The number of fused-ring (bicyclic) bond motifs is 4. The number of carboxylic acid groups (broad SMARTS) is 1. The van der Waals surface area contributed by atoms with Crippen LogP contribution in [0.4, 0.5) is 0 Å². The van der Waals surface area contributed by atoms with Crippen molar-refractivity contribution in [2.75, 3.05) is 0 Å². The van der Waals surface area contributed by atoms with Gasteiger partial charge in [0.15, 0.2) is 0 Å². The van der Waals surface area contributed by atoms with E-state index in [-0.39, 0.29) is 11.0 Å². The first kappa shape index (κ1) is 29.0. The molecule has 4 aromatic carbocycles. The zero-order valence-electron chi connectivity index (χ0n) is 25.7. The first-order valence-corrected chi connectivity index (χ1v) is 17.0. The molecule has 0 spiro atoms. The molecular formula is C41H28N2O2S2. The van der Waals surface area contributed by atoms with Crippen molar-refractivity contribution in [3.05, 3.63) is 143 Å². The number of rotatable bonds is 6. The normalized spacial score (nSPS) is 13.3. The van der Waals surface area contributed by atoms with Crippen LogP contribution in [0.15, 0.2) is 127 Å². The molecule has 7 aromatic rings. The molecule has 1 N–H and O–H groups in total. The average Bonchev–Trinajstić information content (AvgIpc) is 3.87. The lowest BCUT2D eigenvalue weighted by atomic mass is 9.82. The lowest BCUT2D eigenvalue weighted by molar-refractivity contribution is -0.132. The number of nitriles is 1. The minimum atomic E-state index is -1.22. The summed E-state index contributed by atoms with van der Waals surface area (Å²) in [4.78, 5) is 15.4. The van der Waals surface area contributed by atoms with E-state index in [1.54, 1.807) is 17.4 Å². The first-order valence-electron chi connectivity index (χ1n) is 15.3. The van der Waals surface area contributed by atoms with Crippen LogP contribution in [0.5, 0.6) is 0 Å². The molecule has 1 aliphatic carbocycles. The number of thiophene rings is 2. The van der Waals surface area contributed by atoms with Crippen LogP contribution in [0.2, 0.25) is 0 Å². The summed E-state index contributed by atoms with van der Waals surface area (Å²) < 4.78 is 2.42. The van der Waals surface area contributed by atoms with Gasteiger partial charge in [-0.1, -0.05) is 92.7 Å². The molecule has 0 radical (unpaired) electrons. The van der Waals surface area contributed by atoms with Gasteiger partial charge in [-0.2, -0.15) is 5.26 Å². The van der Waals surface area contributed by atoms with Gasteiger partial charge >= 0.3 is 5.97 Å². The summed E-state index contributed by atoms with van der Waals surface area (Å²) in [6.07, 6.45) is 1.43. The Labute approximate surface area is 280 Å². The van der Waals surface area contributed by atoms with Gasteiger partial charge in [0.1, 0.15) is 11.6 Å². The van der Waals surface area contributed by atoms with E-state index in [0.29, 0.717) is 0 Å². The predicted octanol–water partition coefficient (Wildman–Crippen LogP) is 11.1. The van der Waals surface area contributed by atoms with Gasteiger partial charge in [-0.05, 0) is 76.4 Å². The lowest BCUT2D eigenvalue weighted by Gasteiger charge is -2.22. The summed E-state index contributed by atoms with van der Waals surface area (Å²) in [5.74, 6) is -1.22. The average molecular weight is 645 g/mol. The minimum Gasteiger partial charge on any atom is -0.477 e. The van der Waals surface area contributed by atoms with Crippen molar-refractivity contribution < 1.29 is 9.90 Å². The van der Waals surface area contributed by atoms with E-state index in [9.17, 15) is 15.2 Å². The van der Waals surface area contributed by atoms with E-state index in [1.807, 2.05) is 12.1 Å². The Morgan fingerprint density at radius 1 is 0.766 bits per heavy atom. The second-order valence-electron chi connectivity index (χ2n) is 12.2. The molecule has 3 heterocycles. The zero-order chi connectivity index (χ0) is 32.3. The molecule has 0 atom stereocenters. The molecule has 6 heteroatoms. The standard InChI is InChI=1S/C41H28N2O2S2/c1-41(2)32-14-8-6-12-29(32)30-18-16-27(23-33(30)41)43-34-15-9-7-13-31(34)38(39(43)25-10-4-3-5-11-25)37-21-20-36(47-37)35-19-17-28(46-35)22-26(24-42)40(44)45/h3-23H,1-2H3,(H,44,45)/b26-22-. The van der Waals surface area contributed by atoms with Crippen molar-refractivity contribution in [1.29, 1.82) is 5.26 Å². The molecule has 1 aliphatic rings. The Balaban J connectivity index is 1.32. The fraction of sp³-hybridized carbons (Fsp3) is 0.0732. The maximum Gasteiger partial charge on any atom is 0.346 e. The molecule has 0 bridgehead atoms. The molecule has 8 rings (SSSR count). The number of nitrogens with zero attached hydrogens (tertiary/aromatic N) is 2. The predicted molar refractivity (Wildman–Crippen MR) is 194 cm³/mol. The Bertz CT molecular complexity index is 2430. The molecular weight excluding hydrogens is 617 g/mol. The van der Waals surface area contributed by atoms with Gasteiger partial charge in [-0.25, -0.2) is 4.79 Å². The topological polar surface area (TPSA) is 66.0 Å². The summed E-state index contributed by atoms with van der Waals surface area (Å²) in [5, 5.41) is 19.7. The molecule has 3 aromatic heterocycles. The number of carboxylic acids is 1. The van der Waals surface area contributed by atoms with Gasteiger partial charge in [-0.15, -0.1) is 22.7 Å². The number of aliphatic carboxylic acids is 1. The molecule has 0 aliphatic heterocycles. The van der Waals surface area contributed by atoms with Crippen molar-refractivity contribution in [3.63, 3.8) is 0 Å². The van der Waals surface area contributed by atoms with E-state index in [0.717, 1.165) is 42.0 Å². The number of carbonyl (C=O) groups is 1.